The van der Waals surface area contributed by atoms with Gasteiger partial charge in [-0.15, -0.1) is 0 Å². The molecule has 0 amide bonds. The lowest BCUT2D eigenvalue weighted by Crippen LogP contribution is -2.33. The first-order chi connectivity index (χ1) is 15.7. The number of aromatic nitrogens is 4. The first-order valence-corrected chi connectivity index (χ1v) is 10.3. The third-order valence-corrected chi connectivity index (χ3v) is 6.11. The van der Waals surface area contributed by atoms with Crippen LogP contribution in [-0.4, -0.2) is 43.5 Å². The van der Waals surface area contributed by atoms with Crippen molar-refractivity contribution in [1.29, 1.82) is 0 Å². The number of benzene rings is 1. The Balaban J connectivity index is 1.74. The summed E-state index contributed by atoms with van der Waals surface area (Å²) >= 11 is 0. The van der Waals surface area contributed by atoms with Crippen LogP contribution in [0.5, 0.6) is 0 Å². The molecule has 1 saturated heterocycles. The van der Waals surface area contributed by atoms with Gasteiger partial charge in [0.05, 0.1) is 34.9 Å². The number of nitrogens with zero attached hydrogens (tertiary/aromatic N) is 5. The van der Waals surface area contributed by atoms with E-state index in [2.05, 4.69) is 10.1 Å². The third-order valence-electron chi connectivity index (χ3n) is 6.11. The Morgan fingerprint density at radius 3 is 2.73 bits per heavy atom. The van der Waals surface area contributed by atoms with E-state index in [4.69, 9.17) is 0 Å². The topological polar surface area (TPSA) is 75.7 Å². The van der Waals surface area contributed by atoms with Crippen molar-refractivity contribution in [3.8, 4) is 11.3 Å². The van der Waals surface area contributed by atoms with Gasteiger partial charge in [-0.3, -0.25) is 14.3 Å². The summed E-state index contributed by atoms with van der Waals surface area (Å²) in [6.45, 7) is 0.433. The predicted octanol–water partition coefficient (Wildman–Crippen LogP) is 3.37. The summed E-state index contributed by atoms with van der Waals surface area (Å²) in [6, 6.07) is 6.23. The lowest BCUT2D eigenvalue weighted by atomic mass is 10.1. The smallest absolute Gasteiger partial charge is 0.394 e. The van der Waals surface area contributed by atoms with Gasteiger partial charge in [0.25, 0.3) is 5.56 Å². The Morgan fingerprint density at radius 1 is 1.21 bits per heavy atom. The number of alkyl halides is 3. The summed E-state index contributed by atoms with van der Waals surface area (Å²) in [5.41, 5.74) is -0.206. The molecule has 1 N–H and O–H groups in total. The van der Waals surface area contributed by atoms with Crippen LogP contribution in [0.3, 0.4) is 0 Å². The Bertz CT molecular complexity index is 1440. The summed E-state index contributed by atoms with van der Waals surface area (Å²) in [5.74, 6) is -0.587. The van der Waals surface area contributed by atoms with Crippen LogP contribution in [0.2, 0.25) is 0 Å². The van der Waals surface area contributed by atoms with Crippen LogP contribution >= 0.6 is 0 Å². The number of hydrogen-bond donors (Lipinski definition) is 1. The monoisotopic (exact) mass is 461 g/mol. The number of rotatable bonds is 3. The zero-order chi connectivity index (χ0) is 23.5. The maximum absolute atomic E-state index is 15.0. The highest BCUT2D eigenvalue weighted by molar-refractivity contribution is 5.85. The number of anilines is 1. The molecule has 3 aromatic heterocycles. The fourth-order valence-electron chi connectivity index (χ4n) is 4.42. The van der Waals surface area contributed by atoms with Crippen molar-refractivity contribution < 1.29 is 22.7 Å². The molecule has 0 bridgehead atoms. The Labute approximate surface area is 184 Å². The minimum Gasteiger partial charge on any atom is -0.394 e. The van der Waals surface area contributed by atoms with E-state index in [1.807, 2.05) is 0 Å². The van der Waals surface area contributed by atoms with E-state index in [0.717, 1.165) is 31.2 Å². The highest BCUT2D eigenvalue weighted by Crippen LogP contribution is 2.33. The number of halogens is 4. The number of fused-ring (bicyclic) bond motifs is 3. The number of aliphatic hydroxyl groups is 1. The molecule has 0 radical (unpaired) electrons. The van der Waals surface area contributed by atoms with Gasteiger partial charge in [0.15, 0.2) is 0 Å². The summed E-state index contributed by atoms with van der Waals surface area (Å²) in [6.07, 6.45) is -2.05. The average Bonchev–Trinajstić information content (AvgIpc) is 3.44. The molecule has 1 aliphatic rings. The van der Waals surface area contributed by atoms with E-state index in [1.54, 1.807) is 4.90 Å². The second-order valence-electron chi connectivity index (χ2n) is 8.08. The van der Waals surface area contributed by atoms with Crippen molar-refractivity contribution in [2.24, 2.45) is 7.05 Å². The van der Waals surface area contributed by atoms with Gasteiger partial charge >= 0.3 is 6.18 Å². The van der Waals surface area contributed by atoms with E-state index >= 15 is 4.39 Å². The largest absolute Gasteiger partial charge is 0.433 e. The second-order valence-corrected chi connectivity index (χ2v) is 8.08. The third kappa shape index (κ3) is 3.43. The Hall–Kier alpha value is -3.47. The lowest BCUT2D eigenvalue weighted by molar-refractivity contribution is -0.141. The van der Waals surface area contributed by atoms with Gasteiger partial charge in [-0.2, -0.15) is 18.3 Å². The summed E-state index contributed by atoms with van der Waals surface area (Å²) < 4.78 is 57.0. The van der Waals surface area contributed by atoms with Gasteiger partial charge < -0.3 is 10.0 Å². The minimum atomic E-state index is -4.61. The van der Waals surface area contributed by atoms with Crippen molar-refractivity contribution in [2.75, 3.05) is 18.1 Å². The van der Waals surface area contributed by atoms with Crippen LogP contribution in [0.1, 0.15) is 18.5 Å². The zero-order valence-corrected chi connectivity index (χ0v) is 17.5. The molecule has 1 atom stereocenters. The maximum atomic E-state index is 15.0. The van der Waals surface area contributed by atoms with E-state index in [-0.39, 0.29) is 35.0 Å². The molecule has 33 heavy (non-hydrogen) atoms. The van der Waals surface area contributed by atoms with E-state index in [0.29, 0.717) is 17.7 Å². The predicted molar refractivity (Wildman–Crippen MR) is 114 cm³/mol. The van der Waals surface area contributed by atoms with Crippen LogP contribution in [0.15, 0.2) is 41.3 Å². The number of aliphatic hydroxyl groups excluding tert-OH is 1. The van der Waals surface area contributed by atoms with E-state index < -0.39 is 23.2 Å². The standard InChI is InChI=1S/C22H19F4N5O2/c1-29-20-9-16(12-4-5-27-19(7-12)22(24,25)26)28-31(20)17-10-18(15(23)8-14(17)21(29)33)30-6-2-3-13(30)11-32/h4-5,7-10,13,32H,2-3,6,11H2,1H3. The molecule has 5 rings (SSSR count). The molecule has 4 aromatic rings. The van der Waals surface area contributed by atoms with Crippen LogP contribution in [0.4, 0.5) is 23.2 Å². The fraction of sp³-hybridized carbons (Fsp3) is 0.318. The van der Waals surface area contributed by atoms with Gasteiger partial charge in [0.1, 0.15) is 17.2 Å². The minimum absolute atomic E-state index is 0.0892. The number of hydrogen-bond acceptors (Lipinski definition) is 5. The van der Waals surface area contributed by atoms with Crippen molar-refractivity contribution in [3.63, 3.8) is 0 Å². The van der Waals surface area contributed by atoms with Gasteiger partial charge in [0, 0.05) is 31.4 Å². The normalized spacial score (nSPS) is 16.9. The zero-order valence-electron chi connectivity index (χ0n) is 17.5. The number of aryl methyl sites for hydroxylation is 1. The number of pyridine rings is 1. The molecule has 1 aliphatic heterocycles. The quantitative estimate of drug-likeness (QED) is 0.474. The van der Waals surface area contributed by atoms with Crippen LogP contribution < -0.4 is 10.5 Å². The molecular formula is C22H19F4N5O2. The lowest BCUT2D eigenvalue weighted by Gasteiger charge is -2.26. The molecule has 172 valence electrons. The first kappa shape index (κ1) is 21.4. The Morgan fingerprint density at radius 2 is 2.00 bits per heavy atom. The molecule has 0 aliphatic carbocycles. The van der Waals surface area contributed by atoms with Gasteiger partial charge in [-0.25, -0.2) is 8.91 Å². The van der Waals surface area contributed by atoms with E-state index in [9.17, 15) is 23.1 Å². The maximum Gasteiger partial charge on any atom is 0.433 e. The average molecular weight is 461 g/mol. The highest BCUT2D eigenvalue weighted by Gasteiger charge is 2.33. The molecule has 1 aromatic carbocycles. The molecule has 4 heterocycles. The summed E-state index contributed by atoms with van der Waals surface area (Å²) in [7, 11) is 1.49. The fourth-order valence-corrected chi connectivity index (χ4v) is 4.42. The van der Waals surface area contributed by atoms with Crippen LogP contribution in [0, 0.1) is 5.82 Å². The van der Waals surface area contributed by atoms with Crippen molar-refractivity contribution in [1.82, 2.24) is 19.2 Å². The SMILES string of the molecule is Cn1c(=O)c2cc(F)c(N3CCCC3CO)cc2n2nc(-c3ccnc(C(F)(F)F)c3)cc12. The highest BCUT2D eigenvalue weighted by atomic mass is 19.4. The molecule has 1 unspecified atom stereocenters. The van der Waals surface area contributed by atoms with Crippen LogP contribution in [-0.2, 0) is 13.2 Å². The van der Waals surface area contributed by atoms with Crippen molar-refractivity contribution in [2.45, 2.75) is 25.1 Å². The van der Waals surface area contributed by atoms with Crippen molar-refractivity contribution in [3.05, 3.63) is 58.4 Å². The first-order valence-electron chi connectivity index (χ1n) is 10.3. The van der Waals surface area contributed by atoms with Gasteiger partial charge in [0.2, 0.25) is 0 Å². The molecule has 11 heteroatoms. The van der Waals surface area contributed by atoms with E-state index in [1.165, 1.54) is 34.3 Å². The summed E-state index contributed by atoms with van der Waals surface area (Å²) in [5, 5.41) is 14.2. The van der Waals surface area contributed by atoms with Gasteiger partial charge in [-0.05, 0) is 37.1 Å². The van der Waals surface area contributed by atoms with Gasteiger partial charge in [-0.1, -0.05) is 0 Å². The van der Waals surface area contributed by atoms with Crippen LogP contribution in [0.25, 0.3) is 27.8 Å². The molecule has 1 fully saturated rings. The second kappa shape index (κ2) is 7.55. The molecular weight excluding hydrogens is 442 g/mol. The summed E-state index contributed by atoms with van der Waals surface area (Å²) in [4.78, 5) is 18.1. The Kier molecular flexibility index (Phi) is 4.89. The van der Waals surface area contributed by atoms with Crippen molar-refractivity contribution >= 4 is 22.2 Å². The molecule has 0 spiro atoms. The molecule has 7 nitrogen and oxygen atoms in total. The molecule has 0 saturated carbocycles.